The van der Waals surface area contributed by atoms with Gasteiger partial charge in [-0.25, -0.2) is 9.59 Å². The number of hydrogen-bond donors (Lipinski definition) is 2. The number of fused-ring (bicyclic) bond motifs is 1. The molecule has 2 N–H and O–H groups in total. The topological polar surface area (TPSA) is 114 Å². The van der Waals surface area contributed by atoms with E-state index in [1.165, 1.54) is 0 Å². The lowest BCUT2D eigenvalue weighted by molar-refractivity contribution is 0.0459. The molecule has 170 valence electrons. The molecular weight excluding hydrogens is 402 g/mol. The van der Waals surface area contributed by atoms with Crippen molar-refractivity contribution in [1.29, 1.82) is 0 Å². The second-order valence-corrected chi connectivity index (χ2v) is 9.33. The Bertz CT molecular complexity index is 819. The third kappa shape index (κ3) is 7.27. The molecule has 0 bridgehead atoms. The van der Waals surface area contributed by atoms with Crippen LogP contribution in [0.15, 0.2) is 24.3 Å². The van der Waals surface area contributed by atoms with E-state index in [-0.39, 0.29) is 19.5 Å². The Labute approximate surface area is 182 Å². The van der Waals surface area contributed by atoms with E-state index in [4.69, 9.17) is 9.47 Å². The van der Waals surface area contributed by atoms with E-state index in [1.54, 1.807) is 65.8 Å². The summed E-state index contributed by atoms with van der Waals surface area (Å²) in [6.45, 7) is 10.6. The zero-order valence-corrected chi connectivity index (χ0v) is 18.9. The third-order valence-electron chi connectivity index (χ3n) is 4.16. The third-order valence-corrected chi connectivity index (χ3v) is 4.16. The number of amides is 4. The van der Waals surface area contributed by atoms with Gasteiger partial charge in [-0.05, 0) is 60.1 Å². The number of carbonyl (C=O) groups excluding carboxylic acids is 4. The smallest absolute Gasteiger partial charge is 0.407 e. The minimum absolute atomic E-state index is 0.0540. The van der Waals surface area contributed by atoms with Crippen molar-refractivity contribution in [3.05, 3.63) is 35.4 Å². The number of alkyl carbamates (subject to hydrolysis) is 2. The highest BCUT2D eigenvalue weighted by Gasteiger charge is 2.36. The summed E-state index contributed by atoms with van der Waals surface area (Å²) < 4.78 is 10.5. The van der Waals surface area contributed by atoms with Crippen molar-refractivity contribution < 1.29 is 28.7 Å². The van der Waals surface area contributed by atoms with Crippen LogP contribution in [0.5, 0.6) is 0 Å². The number of hydrogen-bond acceptors (Lipinski definition) is 6. The predicted octanol–water partition coefficient (Wildman–Crippen LogP) is 3.09. The highest BCUT2D eigenvalue weighted by atomic mass is 16.6. The molecule has 0 spiro atoms. The number of nitrogens with one attached hydrogen (secondary N) is 2. The van der Waals surface area contributed by atoms with E-state index in [1.807, 2.05) is 0 Å². The number of imide groups is 1. The van der Waals surface area contributed by atoms with E-state index in [2.05, 4.69) is 10.6 Å². The van der Waals surface area contributed by atoms with Crippen LogP contribution in [0.4, 0.5) is 9.59 Å². The van der Waals surface area contributed by atoms with Gasteiger partial charge in [0.1, 0.15) is 11.2 Å². The molecule has 4 amide bonds. The van der Waals surface area contributed by atoms with E-state index < -0.39 is 41.2 Å². The van der Waals surface area contributed by atoms with Gasteiger partial charge in [0.25, 0.3) is 11.8 Å². The number of nitrogens with zero attached hydrogens (tertiary/aromatic N) is 1. The van der Waals surface area contributed by atoms with Gasteiger partial charge in [-0.3, -0.25) is 14.5 Å². The molecule has 0 saturated heterocycles. The van der Waals surface area contributed by atoms with Crippen molar-refractivity contribution in [2.45, 2.75) is 65.2 Å². The van der Waals surface area contributed by atoms with Gasteiger partial charge in [0.05, 0.1) is 17.2 Å². The van der Waals surface area contributed by atoms with Crippen LogP contribution < -0.4 is 10.6 Å². The van der Waals surface area contributed by atoms with Crippen LogP contribution in [0.3, 0.4) is 0 Å². The van der Waals surface area contributed by atoms with Crippen molar-refractivity contribution in [1.82, 2.24) is 15.5 Å². The van der Waals surface area contributed by atoms with E-state index >= 15 is 0 Å². The molecule has 1 aliphatic rings. The van der Waals surface area contributed by atoms with Crippen LogP contribution in [0.2, 0.25) is 0 Å². The first-order chi connectivity index (χ1) is 14.3. The molecule has 1 heterocycles. The molecule has 0 saturated carbocycles. The van der Waals surface area contributed by atoms with Crippen molar-refractivity contribution in [3.63, 3.8) is 0 Å². The normalized spacial score (nSPS) is 14.7. The van der Waals surface area contributed by atoms with Crippen molar-refractivity contribution in [2.24, 2.45) is 0 Å². The fourth-order valence-electron chi connectivity index (χ4n) is 2.97. The van der Waals surface area contributed by atoms with Crippen molar-refractivity contribution in [2.75, 3.05) is 13.1 Å². The fraction of sp³-hybridized carbons (Fsp3) is 0.545. The van der Waals surface area contributed by atoms with Gasteiger partial charge in [0.2, 0.25) is 0 Å². The highest BCUT2D eigenvalue weighted by molar-refractivity contribution is 6.21. The Morgan fingerprint density at radius 2 is 1.39 bits per heavy atom. The molecule has 9 heteroatoms. The first-order valence-corrected chi connectivity index (χ1v) is 10.2. The molecule has 0 aromatic heterocycles. The Morgan fingerprint density at radius 1 is 0.903 bits per heavy atom. The quantitative estimate of drug-likeness (QED) is 0.667. The fourth-order valence-corrected chi connectivity index (χ4v) is 2.97. The Morgan fingerprint density at radius 3 is 1.87 bits per heavy atom. The molecule has 0 radical (unpaired) electrons. The minimum Gasteiger partial charge on any atom is -0.444 e. The first kappa shape index (κ1) is 24.2. The standard InChI is InChI=1S/C22H31N3O6/c1-21(2,3)30-19(28)23-12-11-14(24-20(29)31-22(4,5)6)13-25-17(26)15-9-7-8-10-16(15)18(25)27/h7-10,14H,11-13H2,1-6H3,(H,23,28)(H,24,29)/t14-/m0/s1. The maximum Gasteiger partial charge on any atom is 0.407 e. The van der Waals surface area contributed by atoms with Crippen LogP contribution in [0.25, 0.3) is 0 Å². The van der Waals surface area contributed by atoms with Crippen LogP contribution in [0.1, 0.15) is 68.7 Å². The van der Waals surface area contributed by atoms with E-state index in [9.17, 15) is 19.2 Å². The highest BCUT2D eigenvalue weighted by Crippen LogP contribution is 2.23. The molecule has 0 unspecified atom stereocenters. The lowest BCUT2D eigenvalue weighted by atomic mass is 10.1. The summed E-state index contributed by atoms with van der Waals surface area (Å²) in [6.07, 6.45) is -1.01. The predicted molar refractivity (Wildman–Crippen MR) is 114 cm³/mol. The van der Waals surface area contributed by atoms with Crippen molar-refractivity contribution in [3.8, 4) is 0 Å². The van der Waals surface area contributed by atoms with Gasteiger partial charge >= 0.3 is 12.2 Å². The molecular formula is C22H31N3O6. The SMILES string of the molecule is CC(C)(C)OC(=O)NCC[C@@H](CN1C(=O)c2ccccc2C1=O)NC(=O)OC(C)(C)C. The summed E-state index contributed by atoms with van der Waals surface area (Å²) in [6, 6.07) is 5.93. The lowest BCUT2D eigenvalue weighted by Gasteiger charge is -2.26. The average molecular weight is 434 g/mol. The zero-order chi connectivity index (χ0) is 23.4. The van der Waals surface area contributed by atoms with Gasteiger partial charge in [-0.1, -0.05) is 12.1 Å². The largest absolute Gasteiger partial charge is 0.444 e. The molecule has 9 nitrogen and oxygen atoms in total. The molecule has 31 heavy (non-hydrogen) atoms. The minimum atomic E-state index is -0.709. The van der Waals surface area contributed by atoms with Crippen LogP contribution in [-0.2, 0) is 9.47 Å². The number of ether oxygens (including phenoxy) is 2. The molecule has 1 aromatic rings. The van der Waals surface area contributed by atoms with Gasteiger partial charge < -0.3 is 20.1 Å². The second-order valence-electron chi connectivity index (χ2n) is 9.33. The summed E-state index contributed by atoms with van der Waals surface area (Å²) >= 11 is 0. The first-order valence-electron chi connectivity index (χ1n) is 10.2. The molecule has 1 atom stereocenters. The Balaban J connectivity index is 2.05. The maximum absolute atomic E-state index is 12.7. The summed E-state index contributed by atoms with van der Waals surface area (Å²) in [5.74, 6) is -0.839. The van der Waals surface area contributed by atoms with E-state index in [0.717, 1.165) is 4.90 Å². The monoisotopic (exact) mass is 433 g/mol. The maximum atomic E-state index is 12.7. The molecule has 0 fully saturated rings. The van der Waals surface area contributed by atoms with Crippen LogP contribution in [-0.4, -0.2) is 59.2 Å². The summed E-state index contributed by atoms with van der Waals surface area (Å²) in [7, 11) is 0. The van der Waals surface area contributed by atoms with Gasteiger partial charge in [-0.15, -0.1) is 0 Å². The number of carbonyl (C=O) groups is 4. The lowest BCUT2D eigenvalue weighted by Crippen LogP contribution is -2.48. The van der Waals surface area contributed by atoms with Crippen LogP contribution in [0, 0.1) is 0 Å². The van der Waals surface area contributed by atoms with Crippen molar-refractivity contribution >= 4 is 24.0 Å². The molecule has 2 rings (SSSR count). The summed E-state index contributed by atoms with van der Waals surface area (Å²) in [5, 5.41) is 5.30. The van der Waals surface area contributed by atoms with Gasteiger partial charge in [0, 0.05) is 13.1 Å². The summed E-state index contributed by atoms with van der Waals surface area (Å²) in [4.78, 5) is 50.6. The number of rotatable bonds is 6. The second kappa shape index (κ2) is 9.36. The Kier molecular flexibility index (Phi) is 7.30. The molecule has 1 aliphatic heterocycles. The summed E-state index contributed by atoms with van der Waals surface area (Å²) in [5.41, 5.74) is -0.692. The van der Waals surface area contributed by atoms with Gasteiger partial charge in [-0.2, -0.15) is 0 Å². The molecule has 1 aromatic carbocycles. The van der Waals surface area contributed by atoms with Crippen LogP contribution >= 0.6 is 0 Å². The Hall–Kier alpha value is -3.10. The van der Waals surface area contributed by atoms with Gasteiger partial charge in [0.15, 0.2) is 0 Å². The molecule has 0 aliphatic carbocycles. The zero-order valence-electron chi connectivity index (χ0n) is 18.9. The number of benzene rings is 1. The average Bonchev–Trinajstić information content (AvgIpc) is 2.84. The van der Waals surface area contributed by atoms with E-state index in [0.29, 0.717) is 11.1 Å².